The van der Waals surface area contributed by atoms with Crippen LogP contribution in [0.5, 0.6) is 11.5 Å². The van der Waals surface area contributed by atoms with Crippen molar-refractivity contribution in [2.45, 2.75) is 43.8 Å². The van der Waals surface area contributed by atoms with E-state index in [-0.39, 0.29) is 11.5 Å². The van der Waals surface area contributed by atoms with Gasteiger partial charge in [0.05, 0.1) is 18.6 Å². The predicted octanol–water partition coefficient (Wildman–Crippen LogP) is 2.86. The van der Waals surface area contributed by atoms with Gasteiger partial charge in [0.2, 0.25) is 0 Å². The summed E-state index contributed by atoms with van der Waals surface area (Å²) in [5.41, 5.74) is 2.01. The van der Waals surface area contributed by atoms with E-state index in [2.05, 4.69) is 18.0 Å². The third kappa shape index (κ3) is 2.13. The fourth-order valence-electron chi connectivity index (χ4n) is 3.80. The number of hydrogen-bond donors (Lipinski definition) is 1. The number of nitrogens with zero attached hydrogens (tertiary/aromatic N) is 1. The van der Waals surface area contributed by atoms with E-state index in [1.165, 1.54) is 0 Å². The molecule has 0 spiro atoms. The molecule has 3 rings (SSSR count). The van der Waals surface area contributed by atoms with E-state index in [0.29, 0.717) is 6.42 Å². The van der Waals surface area contributed by atoms with E-state index < -0.39 is 6.10 Å². The maximum atomic E-state index is 9.99. The van der Waals surface area contributed by atoms with Crippen LogP contribution in [0.2, 0.25) is 0 Å². The normalized spacial score (nSPS) is 29.3. The van der Waals surface area contributed by atoms with Gasteiger partial charge in [0.25, 0.3) is 0 Å². The molecule has 1 heterocycles. The number of hydrogen-bond acceptors (Lipinski definition) is 4. The summed E-state index contributed by atoms with van der Waals surface area (Å²) < 4.78 is 11.7. The molecule has 118 valence electrons. The third-order valence-electron chi connectivity index (χ3n) is 4.68. The van der Waals surface area contributed by atoms with Crippen LogP contribution in [0.4, 0.5) is 0 Å². The first-order valence-electron chi connectivity index (χ1n) is 7.84. The molecular formula is C18H23NO3. The van der Waals surface area contributed by atoms with Crippen LogP contribution in [0.25, 0.3) is 0 Å². The Morgan fingerprint density at radius 1 is 1.50 bits per heavy atom. The first kappa shape index (κ1) is 15.1. The van der Waals surface area contributed by atoms with Crippen LogP contribution in [0.1, 0.15) is 37.3 Å². The molecule has 0 saturated carbocycles. The molecule has 0 bridgehead atoms. The Morgan fingerprint density at radius 3 is 3.00 bits per heavy atom. The molecule has 1 N–H and O–H groups in total. The average Bonchev–Trinajstić information content (AvgIpc) is 2.83. The van der Waals surface area contributed by atoms with E-state index in [1.807, 2.05) is 24.4 Å². The molecule has 1 aliphatic heterocycles. The van der Waals surface area contributed by atoms with Crippen molar-refractivity contribution < 1.29 is 14.6 Å². The van der Waals surface area contributed by atoms with E-state index >= 15 is 0 Å². The first-order chi connectivity index (χ1) is 10.7. The maximum Gasteiger partial charge on any atom is 0.166 e. The quantitative estimate of drug-likeness (QED) is 0.687. The topological polar surface area (TPSA) is 51.0 Å². The predicted molar refractivity (Wildman–Crippen MR) is 87.3 cm³/mol. The molecule has 0 radical (unpaired) electrons. The first-order valence-corrected chi connectivity index (χ1v) is 7.84. The highest BCUT2D eigenvalue weighted by Gasteiger charge is 2.51. The Bertz CT molecular complexity index is 623. The molecule has 0 saturated heterocycles. The molecule has 1 aromatic rings. The van der Waals surface area contributed by atoms with E-state index in [4.69, 9.17) is 9.47 Å². The van der Waals surface area contributed by atoms with Crippen molar-refractivity contribution in [1.82, 2.24) is 0 Å². The number of aliphatic hydroxyl groups is 1. The SMILES string of the molecule is CCC[C@@]12C=C[C@H](O)CC1Oc1c(OC)ccc(C=NC)c12. The second-order valence-corrected chi connectivity index (χ2v) is 6.01. The standard InChI is InChI=1S/C18H23NO3/c1-4-8-18-9-7-13(20)10-15(18)22-17-14(21-3)6-5-12(11-19-2)16(17)18/h5-7,9,11,13,15,20H,4,8,10H2,1-3H3/t13-,15?,18+/m0/s1. The number of ether oxygens (including phenoxy) is 2. The Morgan fingerprint density at radius 2 is 2.32 bits per heavy atom. The van der Waals surface area contributed by atoms with Crippen molar-refractivity contribution in [2.24, 2.45) is 4.99 Å². The van der Waals surface area contributed by atoms with Gasteiger partial charge < -0.3 is 14.6 Å². The highest BCUT2D eigenvalue weighted by molar-refractivity contribution is 5.86. The fraction of sp³-hybridized carbons (Fsp3) is 0.500. The van der Waals surface area contributed by atoms with Crippen LogP contribution in [-0.4, -0.2) is 37.7 Å². The summed E-state index contributed by atoms with van der Waals surface area (Å²) in [6, 6.07) is 3.96. The molecule has 3 atom stereocenters. The maximum absolute atomic E-state index is 9.99. The molecule has 0 aromatic heterocycles. The minimum absolute atomic E-state index is 0.0530. The zero-order chi connectivity index (χ0) is 15.7. The Hall–Kier alpha value is -1.81. The van der Waals surface area contributed by atoms with Crippen molar-refractivity contribution >= 4 is 6.21 Å². The van der Waals surface area contributed by atoms with Gasteiger partial charge >= 0.3 is 0 Å². The molecule has 0 amide bonds. The molecule has 0 fully saturated rings. The van der Waals surface area contributed by atoms with Crippen LogP contribution in [0, 0.1) is 0 Å². The number of aliphatic hydroxyl groups excluding tert-OH is 1. The van der Waals surface area contributed by atoms with Gasteiger partial charge in [0.15, 0.2) is 11.5 Å². The van der Waals surface area contributed by atoms with Gasteiger partial charge in [-0.25, -0.2) is 0 Å². The lowest BCUT2D eigenvalue weighted by atomic mass is 9.68. The number of rotatable bonds is 4. The average molecular weight is 301 g/mol. The zero-order valence-electron chi connectivity index (χ0n) is 13.4. The summed E-state index contributed by atoms with van der Waals surface area (Å²) in [6.45, 7) is 2.18. The number of aliphatic imine (C=N–C) groups is 1. The summed E-state index contributed by atoms with van der Waals surface area (Å²) in [5.74, 6) is 1.55. The lowest BCUT2D eigenvalue weighted by Crippen LogP contribution is -2.42. The Balaban J connectivity index is 2.24. The van der Waals surface area contributed by atoms with E-state index in [0.717, 1.165) is 35.5 Å². The summed E-state index contributed by atoms with van der Waals surface area (Å²) >= 11 is 0. The molecule has 1 aliphatic carbocycles. The second-order valence-electron chi connectivity index (χ2n) is 6.01. The molecular weight excluding hydrogens is 278 g/mol. The van der Waals surface area contributed by atoms with Gasteiger partial charge in [-0.2, -0.15) is 0 Å². The lowest BCUT2D eigenvalue weighted by molar-refractivity contribution is 0.0844. The van der Waals surface area contributed by atoms with Gasteiger partial charge in [-0.3, -0.25) is 4.99 Å². The van der Waals surface area contributed by atoms with E-state index in [9.17, 15) is 5.11 Å². The van der Waals surface area contributed by atoms with Crippen molar-refractivity contribution in [3.63, 3.8) is 0 Å². The van der Waals surface area contributed by atoms with E-state index in [1.54, 1.807) is 14.2 Å². The highest BCUT2D eigenvalue weighted by atomic mass is 16.5. The fourth-order valence-corrected chi connectivity index (χ4v) is 3.80. The summed E-state index contributed by atoms with van der Waals surface area (Å²) in [6.07, 6.45) is 8.04. The minimum atomic E-state index is -0.446. The zero-order valence-corrected chi connectivity index (χ0v) is 13.4. The number of benzene rings is 1. The van der Waals surface area contributed by atoms with Gasteiger partial charge in [0, 0.05) is 30.8 Å². The highest BCUT2D eigenvalue weighted by Crippen LogP contribution is 2.54. The van der Waals surface area contributed by atoms with Gasteiger partial charge in [-0.1, -0.05) is 25.5 Å². The molecule has 1 unspecified atom stereocenters. The summed E-state index contributed by atoms with van der Waals surface area (Å²) in [7, 11) is 3.43. The van der Waals surface area contributed by atoms with Crippen molar-refractivity contribution in [3.05, 3.63) is 35.4 Å². The van der Waals surface area contributed by atoms with Crippen molar-refractivity contribution in [1.29, 1.82) is 0 Å². The number of fused-ring (bicyclic) bond motifs is 3. The molecule has 4 heteroatoms. The van der Waals surface area contributed by atoms with Crippen LogP contribution in [-0.2, 0) is 5.41 Å². The largest absolute Gasteiger partial charge is 0.493 e. The van der Waals surface area contributed by atoms with Crippen LogP contribution < -0.4 is 9.47 Å². The number of methoxy groups -OCH3 is 1. The molecule has 4 nitrogen and oxygen atoms in total. The second kappa shape index (κ2) is 5.76. The van der Waals surface area contributed by atoms with Gasteiger partial charge in [-0.15, -0.1) is 0 Å². The smallest absolute Gasteiger partial charge is 0.166 e. The summed E-state index contributed by atoms with van der Waals surface area (Å²) in [5, 5.41) is 9.99. The van der Waals surface area contributed by atoms with Gasteiger partial charge in [-0.05, 0) is 18.6 Å². The molecule has 1 aromatic carbocycles. The van der Waals surface area contributed by atoms with Crippen molar-refractivity contribution in [2.75, 3.05) is 14.2 Å². The van der Waals surface area contributed by atoms with Crippen molar-refractivity contribution in [3.8, 4) is 11.5 Å². The monoisotopic (exact) mass is 301 g/mol. The van der Waals surface area contributed by atoms with Crippen LogP contribution in [0.3, 0.4) is 0 Å². The van der Waals surface area contributed by atoms with Gasteiger partial charge in [0.1, 0.15) is 6.10 Å². The molecule has 22 heavy (non-hydrogen) atoms. The molecule has 2 aliphatic rings. The third-order valence-corrected chi connectivity index (χ3v) is 4.68. The Kier molecular flexibility index (Phi) is 3.96. The minimum Gasteiger partial charge on any atom is -0.493 e. The Labute approximate surface area is 131 Å². The van der Waals surface area contributed by atoms with Crippen LogP contribution >= 0.6 is 0 Å². The van der Waals surface area contributed by atoms with Crippen LogP contribution in [0.15, 0.2) is 29.3 Å². The lowest BCUT2D eigenvalue weighted by Gasteiger charge is -2.36. The summed E-state index contributed by atoms with van der Waals surface area (Å²) in [4.78, 5) is 4.19.